The summed E-state index contributed by atoms with van der Waals surface area (Å²) in [4.78, 5) is 25.4. The first-order chi connectivity index (χ1) is 8.51. The summed E-state index contributed by atoms with van der Waals surface area (Å²) in [5.41, 5.74) is 4.99. The predicted octanol–water partition coefficient (Wildman–Crippen LogP) is 0.100. The molecule has 3 N–H and O–H groups in total. The van der Waals surface area contributed by atoms with Crippen LogP contribution in [-0.2, 0) is 9.59 Å². The van der Waals surface area contributed by atoms with E-state index in [4.69, 9.17) is 5.73 Å². The average Bonchev–Trinajstić information content (AvgIpc) is 2.76. The van der Waals surface area contributed by atoms with Crippen LogP contribution in [0.5, 0.6) is 0 Å². The van der Waals surface area contributed by atoms with E-state index in [0.29, 0.717) is 13.0 Å². The number of piperidine rings is 1. The zero-order valence-electron chi connectivity index (χ0n) is 11.1. The van der Waals surface area contributed by atoms with E-state index in [2.05, 4.69) is 5.32 Å². The molecule has 0 radical (unpaired) electrons. The Kier molecular flexibility index (Phi) is 3.90. The smallest absolute Gasteiger partial charge is 0.229 e. The van der Waals surface area contributed by atoms with Gasteiger partial charge in [0.15, 0.2) is 0 Å². The molecule has 18 heavy (non-hydrogen) atoms. The highest BCUT2D eigenvalue weighted by molar-refractivity contribution is 5.83. The molecule has 2 amide bonds. The van der Waals surface area contributed by atoms with Crippen LogP contribution in [-0.4, -0.2) is 42.9 Å². The van der Waals surface area contributed by atoms with Gasteiger partial charge in [0.2, 0.25) is 11.8 Å². The van der Waals surface area contributed by atoms with Gasteiger partial charge in [0.05, 0.1) is 5.41 Å². The van der Waals surface area contributed by atoms with Crippen LogP contribution in [0.1, 0.15) is 32.6 Å². The number of likely N-dealkylation sites (tertiary alicyclic amines) is 1. The summed E-state index contributed by atoms with van der Waals surface area (Å²) in [5.74, 6) is 0.225. The van der Waals surface area contributed by atoms with Crippen molar-refractivity contribution < 1.29 is 9.59 Å². The SMILES string of the molecule is C[C@]1(C(=O)N2CCC[C@H](CC(N)=O)C2)CCNC1. The Bertz CT molecular complexity index is 337. The highest BCUT2D eigenvalue weighted by atomic mass is 16.2. The lowest BCUT2D eigenvalue weighted by molar-refractivity contribution is -0.142. The summed E-state index contributed by atoms with van der Waals surface area (Å²) in [5, 5.41) is 3.25. The van der Waals surface area contributed by atoms with E-state index in [1.165, 1.54) is 0 Å². The minimum atomic E-state index is -0.261. The second-order valence-corrected chi connectivity index (χ2v) is 5.92. The van der Waals surface area contributed by atoms with Gasteiger partial charge < -0.3 is 16.0 Å². The second-order valence-electron chi connectivity index (χ2n) is 5.92. The van der Waals surface area contributed by atoms with Gasteiger partial charge in [-0.1, -0.05) is 0 Å². The van der Waals surface area contributed by atoms with Crippen LogP contribution in [0.3, 0.4) is 0 Å². The Morgan fingerprint density at radius 1 is 1.50 bits per heavy atom. The molecule has 0 aromatic carbocycles. The van der Waals surface area contributed by atoms with Crippen molar-refractivity contribution in [2.24, 2.45) is 17.1 Å². The monoisotopic (exact) mass is 253 g/mol. The van der Waals surface area contributed by atoms with E-state index < -0.39 is 0 Å². The summed E-state index contributed by atoms with van der Waals surface area (Å²) in [6.07, 6.45) is 3.29. The average molecular weight is 253 g/mol. The number of rotatable bonds is 3. The van der Waals surface area contributed by atoms with Crippen LogP contribution in [0.4, 0.5) is 0 Å². The van der Waals surface area contributed by atoms with E-state index in [-0.39, 0.29) is 23.1 Å². The first-order valence-electron chi connectivity index (χ1n) is 6.80. The second kappa shape index (κ2) is 5.26. The van der Waals surface area contributed by atoms with E-state index in [9.17, 15) is 9.59 Å². The van der Waals surface area contributed by atoms with Crippen molar-refractivity contribution in [3.63, 3.8) is 0 Å². The molecule has 2 saturated heterocycles. The fourth-order valence-corrected chi connectivity index (χ4v) is 3.08. The highest BCUT2D eigenvalue weighted by Gasteiger charge is 2.40. The topological polar surface area (TPSA) is 75.4 Å². The van der Waals surface area contributed by atoms with E-state index in [1.54, 1.807) is 0 Å². The predicted molar refractivity (Wildman–Crippen MR) is 68.7 cm³/mol. The molecule has 5 heteroatoms. The minimum absolute atomic E-state index is 0.238. The summed E-state index contributed by atoms with van der Waals surface area (Å²) in [6.45, 7) is 5.23. The van der Waals surface area contributed by atoms with Gasteiger partial charge in [-0.05, 0) is 38.6 Å². The molecule has 2 atom stereocenters. The number of hydrogen-bond acceptors (Lipinski definition) is 3. The van der Waals surface area contributed by atoms with Crippen LogP contribution in [0.25, 0.3) is 0 Å². The molecule has 0 aliphatic carbocycles. The van der Waals surface area contributed by atoms with Gasteiger partial charge in [0, 0.05) is 26.1 Å². The summed E-state index contributed by atoms with van der Waals surface area (Å²) < 4.78 is 0. The number of amides is 2. The van der Waals surface area contributed by atoms with Crippen molar-refractivity contribution in [3.05, 3.63) is 0 Å². The quantitative estimate of drug-likeness (QED) is 0.749. The number of primary amides is 1. The number of carbonyl (C=O) groups is 2. The molecule has 0 aromatic rings. The number of hydrogen-bond donors (Lipinski definition) is 2. The van der Waals surface area contributed by atoms with Crippen molar-refractivity contribution in [2.45, 2.75) is 32.6 Å². The Balaban J connectivity index is 1.95. The van der Waals surface area contributed by atoms with E-state index >= 15 is 0 Å². The molecule has 2 aliphatic rings. The molecule has 0 aromatic heterocycles. The fourth-order valence-electron chi connectivity index (χ4n) is 3.08. The van der Waals surface area contributed by atoms with Gasteiger partial charge in [-0.3, -0.25) is 9.59 Å². The fraction of sp³-hybridized carbons (Fsp3) is 0.846. The first-order valence-corrected chi connectivity index (χ1v) is 6.80. The number of nitrogens with zero attached hydrogens (tertiary/aromatic N) is 1. The Hall–Kier alpha value is -1.10. The summed E-state index contributed by atoms with van der Waals surface area (Å²) in [7, 11) is 0. The maximum Gasteiger partial charge on any atom is 0.229 e. The Morgan fingerprint density at radius 2 is 2.28 bits per heavy atom. The standard InChI is InChI=1S/C13H23N3O2/c1-13(4-5-15-9-13)12(18)16-6-2-3-10(8-16)7-11(14)17/h10,15H,2-9H2,1H3,(H2,14,17)/t10-,13+/m1/s1. The molecule has 2 fully saturated rings. The molecular formula is C13H23N3O2. The third-order valence-corrected chi connectivity index (χ3v) is 4.18. The normalized spacial score (nSPS) is 32.5. The lowest BCUT2D eigenvalue weighted by Crippen LogP contribution is -2.48. The van der Waals surface area contributed by atoms with Crippen LogP contribution >= 0.6 is 0 Å². The van der Waals surface area contributed by atoms with E-state index in [1.807, 2.05) is 11.8 Å². The van der Waals surface area contributed by atoms with Gasteiger partial charge in [-0.2, -0.15) is 0 Å². The van der Waals surface area contributed by atoms with Crippen molar-refractivity contribution >= 4 is 11.8 Å². The molecule has 2 heterocycles. The van der Waals surface area contributed by atoms with Crippen LogP contribution < -0.4 is 11.1 Å². The van der Waals surface area contributed by atoms with Crippen LogP contribution in [0.15, 0.2) is 0 Å². The van der Waals surface area contributed by atoms with Crippen LogP contribution in [0.2, 0.25) is 0 Å². The molecule has 0 bridgehead atoms. The molecule has 2 aliphatic heterocycles. The summed E-state index contributed by atoms with van der Waals surface area (Å²) in [6, 6.07) is 0. The van der Waals surface area contributed by atoms with Gasteiger partial charge in [-0.25, -0.2) is 0 Å². The molecule has 5 nitrogen and oxygen atoms in total. The first kappa shape index (κ1) is 13.3. The Labute approximate surface area is 108 Å². The van der Waals surface area contributed by atoms with Gasteiger partial charge >= 0.3 is 0 Å². The van der Waals surface area contributed by atoms with Gasteiger partial charge in [0.25, 0.3) is 0 Å². The number of nitrogens with two attached hydrogens (primary N) is 1. The van der Waals surface area contributed by atoms with Crippen LogP contribution in [0, 0.1) is 11.3 Å². The van der Waals surface area contributed by atoms with Crippen molar-refractivity contribution in [1.29, 1.82) is 0 Å². The number of nitrogens with one attached hydrogen (secondary N) is 1. The largest absolute Gasteiger partial charge is 0.370 e. The highest BCUT2D eigenvalue weighted by Crippen LogP contribution is 2.30. The zero-order chi connectivity index (χ0) is 13.2. The lowest BCUT2D eigenvalue weighted by Gasteiger charge is -2.37. The molecule has 2 rings (SSSR count). The van der Waals surface area contributed by atoms with Gasteiger partial charge in [0.1, 0.15) is 0 Å². The third-order valence-electron chi connectivity index (χ3n) is 4.18. The molecular weight excluding hydrogens is 230 g/mol. The zero-order valence-corrected chi connectivity index (χ0v) is 11.1. The molecule has 0 spiro atoms. The lowest BCUT2D eigenvalue weighted by atomic mass is 9.86. The van der Waals surface area contributed by atoms with Crippen molar-refractivity contribution in [3.8, 4) is 0 Å². The van der Waals surface area contributed by atoms with E-state index in [0.717, 1.165) is 38.9 Å². The third kappa shape index (κ3) is 2.83. The minimum Gasteiger partial charge on any atom is -0.370 e. The molecule has 0 unspecified atom stereocenters. The molecule has 102 valence electrons. The van der Waals surface area contributed by atoms with Gasteiger partial charge in [-0.15, -0.1) is 0 Å². The summed E-state index contributed by atoms with van der Waals surface area (Å²) >= 11 is 0. The maximum atomic E-state index is 12.5. The van der Waals surface area contributed by atoms with Crippen molar-refractivity contribution in [2.75, 3.05) is 26.2 Å². The maximum absolute atomic E-state index is 12.5. The Morgan fingerprint density at radius 3 is 2.89 bits per heavy atom. The van der Waals surface area contributed by atoms with Crippen molar-refractivity contribution in [1.82, 2.24) is 10.2 Å². The number of carbonyl (C=O) groups excluding carboxylic acids is 2. The molecule has 0 saturated carbocycles.